The largest absolute Gasteiger partial charge is 0.497 e. The van der Waals surface area contributed by atoms with Crippen molar-refractivity contribution < 1.29 is 9.84 Å². The van der Waals surface area contributed by atoms with Crippen molar-refractivity contribution in [3.63, 3.8) is 0 Å². The lowest BCUT2D eigenvalue weighted by Gasteiger charge is -2.36. The second-order valence-corrected chi connectivity index (χ2v) is 5.57. The third-order valence-corrected chi connectivity index (χ3v) is 3.75. The number of hydrogen-bond acceptors (Lipinski definition) is 3. The minimum absolute atomic E-state index is 0.0320. The van der Waals surface area contributed by atoms with Gasteiger partial charge in [0.1, 0.15) is 5.75 Å². The van der Waals surface area contributed by atoms with E-state index in [2.05, 4.69) is 4.90 Å². The molecule has 0 spiro atoms. The number of hydrogen-bond donors (Lipinski definition) is 1. The fourth-order valence-electron chi connectivity index (χ4n) is 2.64. The summed E-state index contributed by atoms with van der Waals surface area (Å²) in [6, 6.07) is 7.97. The van der Waals surface area contributed by atoms with Crippen LogP contribution in [0.2, 0.25) is 0 Å². The first-order chi connectivity index (χ1) is 9.55. The van der Waals surface area contributed by atoms with Crippen LogP contribution in [0.5, 0.6) is 5.75 Å². The number of nitrogens with zero attached hydrogens (tertiary/aromatic N) is 1. The van der Waals surface area contributed by atoms with Crippen LogP contribution in [0.15, 0.2) is 48.6 Å². The lowest BCUT2D eigenvalue weighted by Crippen LogP contribution is -2.40. The molecule has 1 aromatic carbocycles. The Morgan fingerprint density at radius 3 is 2.45 bits per heavy atom. The first-order valence-corrected chi connectivity index (χ1v) is 6.90. The quantitative estimate of drug-likeness (QED) is 0.895. The Hall–Kier alpha value is -1.58. The minimum Gasteiger partial charge on any atom is -0.497 e. The van der Waals surface area contributed by atoms with Gasteiger partial charge in [0.2, 0.25) is 0 Å². The molecule has 1 aromatic rings. The maximum atomic E-state index is 11.0. The number of benzene rings is 1. The molecule has 0 radical (unpaired) electrons. The number of ether oxygens (including phenoxy) is 1. The molecule has 20 heavy (non-hydrogen) atoms. The van der Waals surface area contributed by atoms with E-state index in [0.29, 0.717) is 6.42 Å². The number of rotatable bonds is 5. The third-order valence-electron chi connectivity index (χ3n) is 3.75. The Labute approximate surface area is 121 Å². The Kier molecular flexibility index (Phi) is 4.63. The summed E-state index contributed by atoms with van der Waals surface area (Å²) >= 11 is 0. The van der Waals surface area contributed by atoms with Crippen molar-refractivity contribution in [3.05, 3.63) is 54.1 Å². The molecule has 0 fully saturated rings. The van der Waals surface area contributed by atoms with E-state index in [1.807, 2.05) is 62.7 Å². The van der Waals surface area contributed by atoms with E-state index in [-0.39, 0.29) is 5.92 Å². The van der Waals surface area contributed by atoms with Crippen LogP contribution in [0.4, 0.5) is 0 Å². The Morgan fingerprint density at radius 2 is 1.95 bits per heavy atom. The summed E-state index contributed by atoms with van der Waals surface area (Å²) in [4.78, 5) is 2.11. The summed E-state index contributed by atoms with van der Waals surface area (Å²) in [5.74, 6) is 0.869. The number of methoxy groups -OCH3 is 1. The van der Waals surface area contributed by atoms with Gasteiger partial charge in [-0.2, -0.15) is 0 Å². The van der Waals surface area contributed by atoms with Gasteiger partial charge in [-0.05, 0) is 38.2 Å². The van der Waals surface area contributed by atoms with Crippen LogP contribution in [0, 0.1) is 0 Å². The highest BCUT2D eigenvalue weighted by molar-refractivity contribution is 5.34. The average molecular weight is 273 g/mol. The lowest BCUT2D eigenvalue weighted by molar-refractivity contribution is 0.0521. The van der Waals surface area contributed by atoms with E-state index in [1.54, 1.807) is 7.11 Å². The van der Waals surface area contributed by atoms with E-state index >= 15 is 0 Å². The van der Waals surface area contributed by atoms with Crippen LogP contribution in [0.1, 0.15) is 17.9 Å². The molecule has 1 N–H and O–H groups in total. The van der Waals surface area contributed by atoms with Gasteiger partial charge in [0, 0.05) is 12.5 Å². The molecule has 0 aliphatic heterocycles. The molecule has 2 atom stereocenters. The van der Waals surface area contributed by atoms with Crippen molar-refractivity contribution in [1.29, 1.82) is 0 Å². The summed E-state index contributed by atoms with van der Waals surface area (Å²) in [6.45, 7) is 0.793. The second-order valence-electron chi connectivity index (χ2n) is 5.57. The second kappa shape index (κ2) is 6.25. The standard InChI is InChI=1S/C17H23NO2/c1-18(2)13-16(17(19)11-5-4-6-12-17)14-7-9-15(20-3)10-8-14/h4-11,16,19H,12-13H2,1-3H3. The molecule has 0 aromatic heterocycles. The van der Waals surface area contributed by atoms with E-state index in [1.165, 1.54) is 0 Å². The van der Waals surface area contributed by atoms with E-state index in [9.17, 15) is 5.11 Å². The molecule has 3 nitrogen and oxygen atoms in total. The smallest absolute Gasteiger partial charge is 0.118 e. The molecule has 0 saturated carbocycles. The summed E-state index contributed by atoms with van der Waals surface area (Å²) in [7, 11) is 5.72. The summed E-state index contributed by atoms with van der Waals surface area (Å²) in [5, 5.41) is 11.0. The van der Waals surface area contributed by atoms with Crippen LogP contribution in [0.3, 0.4) is 0 Å². The zero-order valence-corrected chi connectivity index (χ0v) is 12.4. The van der Waals surface area contributed by atoms with Gasteiger partial charge in [-0.3, -0.25) is 0 Å². The van der Waals surface area contributed by atoms with Gasteiger partial charge in [-0.15, -0.1) is 0 Å². The first kappa shape index (κ1) is 14.8. The predicted octanol–water partition coefficient (Wildman–Crippen LogP) is 2.59. The minimum atomic E-state index is -0.826. The molecule has 0 bridgehead atoms. The molecule has 108 valence electrons. The van der Waals surface area contributed by atoms with Crippen LogP contribution in [0.25, 0.3) is 0 Å². The fourth-order valence-corrected chi connectivity index (χ4v) is 2.64. The van der Waals surface area contributed by atoms with Crippen molar-refractivity contribution in [3.8, 4) is 5.75 Å². The summed E-state index contributed by atoms with van der Waals surface area (Å²) in [6.07, 6.45) is 8.48. The molecule has 0 heterocycles. The Balaban J connectivity index is 2.31. The topological polar surface area (TPSA) is 32.7 Å². The maximum absolute atomic E-state index is 11.0. The highest BCUT2D eigenvalue weighted by atomic mass is 16.5. The van der Waals surface area contributed by atoms with E-state index < -0.39 is 5.60 Å². The fraction of sp³-hybridized carbons (Fsp3) is 0.412. The molecule has 2 rings (SSSR count). The summed E-state index contributed by atoms with van der Waals surface area (Å²) in [5.41, 5.74) is 0.301. The molecule has 1 aliphatic carbocycles. The van der Waals surface area contributed by atoms with Crippen molar-refractivity contribution in [2.45, 2.75) is 17.9 Å². The number of allylic oxidation sites excluding steroid dienone is 2. The molecular weight excluding hydrogens is 250 g/mol. The van der Waals surface area contributed by atoms with Gasteiger partial charge in [-0.1, -0.05) is 36.4 Å². The van der Waals surface area contributed by atoms with Crippen LogP contribution in [-0.2, 0) is 0 Å². The zero-order chi connectivity index (χ0) is 14.6. The van der Waals surface area contributed by atoms with Gasteiger partial charge in [0.25, 0.3) is 0 Å². The predicted molar refractivity (Wildman–Crippen MR) is 82.1 cm³/mol. The van der Waals surface area contributed by atoms with Crippen molar-refractivity contribution in [2.24, 2.45) is 0 Å². The van der Waals surface area contributed by atoms with Crippen LogP contribution in [-0.4, -0.2) is 43.4 Å². The van der Waals surface area contributed by atoms with Crippen LogP contribution >= 0.6 is 0 Å². The number of likely N-dealkylation sites (N-methyl/N-ethyl adjacent to an activating group) is 1. The average Bonchev–Trinajstić information content (AvgIpc) is 2.45. The van der Waals surface area contributed by atoms with Gasteiger partial charge in [-0.25, -0.2) is 0 Å². The monoisotopic (exact) mass is 273 g/mol. The van der Waals surface area contributed by atoms with Crippen molar-refractivity contribution in [2.75, 3.05) is 27.7 Å². The lowest BCUT2D eigenvalue weighted by atomic mass is 9.77. The molecule has 3 heteroatoms. The van der Waals surface area contributed by atoms with E-state index in [0.717, 1.165) is 17.9 Å². The molecular formula is C17H23NO2. The Morgan fingerprint density at radius 1 is 1.25 bits per heavy atom. The molecule has 0 amide bonds. The van der Waals surface area contributed by atoms with Crippen molar-refractivity contribution in [1.82, 2.24) is 4.90 Å². The zero-order valence-electron chi connectivity index (χ0n) is 12.4. The maximum Gasteiger partial charge on any atom is 0.118 e. The van der Waals surface area contributed by atoms with Crippen molar-refractivity contribution >= 4 is 0 Å². The van der Waals surface area contributed by atoms with Gasteiger partial charge in [0.15, 0.2) is 0 Å². The first-order valence-electron chi connectivity index (χ1n) is 6.90. The van der Waals surface area contributed by atoms with Gasteiger partial charge in [0.05, 0.1) is 12.7 Å². The molecule has 2 unspecified atom stereocenters. The van der Waals surface area contributed by atoms with Gasteiger partial charge >= 0.3 is 0 Å². The number of aliphatic hydroxyl groups is 1. The van der Waals surface area contributed by atoms with Crippen LogP contribution < -0.4 is 4.74 Å². The SMILES string of the molecule is COc1ccc(C(CN(C)C)C2(O)C=CC=CC2)cc1. The highest BCUT2D eigenvalue weighted by Crippen LogP contribution is 2.35. The van der Waals surface area contributed by atoms with E-state index in [4.69, 9.17) is 4.74 Å². The highest BCUT2D eigenvalue weighted by Gasteiger charge is 2.35. The normalized spacial score (nSPS) is 23.1. The third kappa shape index (κ3) is 3.30. The van der Waals surface area contributed by atoms with Gasteiger partial charge < -0.3 is 14.7 Å². The Bertz CT molecular complexity index is 490. The summed E-state index contributed by atoms with van der Waals surface area (Å²) < 4.78 is 5.20. The molecule has 1 aliphatic rings. The molecule has 0 saturated heterocycles.